The first kappa shape index (κ1) is 67.6. The van der Waals surface area contributed by atoms with Gasteiger partial charge < -0.3 is 81.6 Å². The van der Waals surface area contributed by atoms with Crippen molar-refractivity contribution in [1.29, 1.82) is 0 Å². The van der Waals surface area contributed by atoms with E-state index in [0.29, 0.717) is 5.56 Å². The maximum absolute atomic E-state index is 14.0. The maximum atomic E-state index is 14.0. The molecule has 1 aromatic carbocycles. The quantitative estimate of drug-likeness (QED) is 0.0170. The SMILES string of the molecule is CC(=O)N[C@@H](CCC(N)=O)C(=O)NCC(=O)N[C@H](C(=O)N[C@@H](CC(C)C)C(=O)N[C@@H](CCC(N)=O)C(=O)N[C@@H](CC(N)=O)C(=O)N[C@H](C(=O)N[C@@H](CCCN=C(N)N)C(=O)N[C@@H](Cc1ccccc1)C(=O)O)C(C)C)C(C)C. The van der Waals surface area contributed by atoms with Crippen molar-refractivity contribution in [3.8, 4) is 0 Å². The Morgan fingerprint density at radius 3 is 1.44 bits per heavy atom. The van der Waals surface area contributed by atoms with Crippen molar-refractivity contribution < 1.29 is 67.4 Å². The van der Waals surface area contributed by atoms with Crippen LogP contribution in [-0.4, -0.2) is 149 Å². The molecule has 0 heterocycles. The van der Waals surface area contributed by atoms with E-state index < -0.39 is 163 Å². The number of carbonyl (C=O) groups is 13. The average Bonchev–Trinajstić information content (AvgIpc) is 3.33. The van der Waals surface area contributed by atoms with E-state index in [0.717, 1.165) is 6.92 Å². The van der Waals surface area contributed by atoms with Gasteiger partial charge in [0, 0.05) is 32.7 Å². The van der Waals surface area contributed by atoms with Crippen molar-refractivity contribution >= 4 is 82.8 Å². The van der Waals surface area contributed by atoms with Crippen LogP contribution in [0, 0.1) is 17.8 Å². The van der Waals surface area contributed by atoms with Gasteiger partial charge in [-0.15, -0.1) is 0 Å². The second-order valence-corrected chi connectivity index (χ2v) is 19.6. The van der Waals surface area contributed by atoms with Crippen molar-refractivity contribution in [3.05, 3.63) is 35.9 Å². The summed E-state index contributed by atoms with van der Waals surface area (Å²) in [5.74, 6) is -14.1. The van der Waals surface area contributed by atoms with E-state index in [1.54, 1.807) is 58.0 Å². The number of carboxylic acids is 1. The fourth-order valence-corrected chi connectivity index (χ4v) is 7.47. The summed E-state index contributed by atoms with van der Waals surface area (Å²) in [6.45, 7) is 10.2. The van der Waals surface area contributed by atoms with Gasteiger partial charge in [0.1, 0.15) is 48.3 Å². The number of carbonyl (C=O) groups excluding carboxylic acids is 12. The van der Waals surface area contributed by atoms with Gasteiger partial charge in [0.05, 0.1) is 13.0 Å². The molecule has 1 rings (SSSR count). The van der Waals surface area contributed by atoms with Gasteiger partial charge in [0.25, 0.3) is 0 Å². The molecule has 29 nitrogen and oxygen atoms in total. The number of carboxylic acid groups (broad SMARTS) is 1. The van der Waals surface area contributed by atoms with Crippen LogP contribution in [0.1, 0.15) is 105 Å². The van der Waals surface area contributed by atoms with Crippen LogP contribution in [0.2, 0.25) is 0 Å². The van der Waals surface area contributed by atoms with Crippen LogP contribution < -0.4 is 76.5 Å². The summed E-state index contributed by atoms with van der Waals surface area (Å²) in [5.41, 5.74) is 27.5. The molecule has 0 aliphatic rings. The maximum Gasteiger partial charge on any atom is 0.326 e. The smallest absolute Gasteiger partial charge is 0.326 e. The van der Waals surface area contributed by atoms with Crippen LogP contribution in [0.3, 0.4) is 0 Å². The number of guanidine groups is 1. The fraction of sp³-hybridized carbons (Fsp3) is 0.592. The standard InChI is InChI=1S/C49H79N15O14/c1-24(2)20-32(61-46(75)39(25(3)4)63-38(69)23-56-41(70)30(57-27(7)65)15-17-35(50)66)44(73)58-31(16-18-36(51)67)43(72)60-33(22-37(52)68)45(74)64-40(26(5)6)47(76)59-29(14-11-19-55-49(53)54)42(71)62-34(48(77)78)21-28-12-9-8-10-13-28/h8-10,12-13,24-26,29-34,39-40H,11,14-23H2,1-7H3,(H2,50,66)(H2,51,67)(H2,52,68)(H,56,70)(H,57,65)(H,58,73)(H,59,76)(H,60,72)(H,61,75)(H,62,71)(H,63,69)(H,64,74)(H,77,78)(H4,53,54,55)/t29-,30-,31-,32-,33-,34-,39-,40-/m0/s1. The minimum absolute atomic E-state index is 0.0251. The van der Waals surface area contributed by atoms with Crippen LogP contribution in [0.15, 0.2) is 35.3 Å². The molecular weight excluding hydrogens is 1020 g/mol. The Labute approximate surface area is 452 Å². The summed E-state index contributed by atoms with van der Waals surface area (Å²) in [4.78, 5) is 173. The highest BCUT2D eigenvalue weighted by Gasteiger charge is 2.36. The van der Waals surface area contributed by atoms with E-state index in [4.69, 9.17) is 28.7 Å². The van der Waals surface area contributed by atoms with E-state index >= 15 is 0 Å². The van der Waals surface area contributed by atoms with E-state index in [1.807, 2.05) is 0 Å². The number of hydrogen-bond donors (Lipinski definition) is 15. The van der Waals surface area contributed by atoms with Crippen LogP contribution in [0.25, 0.3) is 0 Å². The van der Waals surface area contributed by atoms with Crippen LogP contribution in [-0.2, 0) is 68.7 Å². The molecule has 0 bridgehead atoms. The number of benzene rings is 1. The molecule has 0 spiro atoms. The third-order valence-corrected chi connectivity index (χ3v) is 11.5. The first-order chi connectivity index (χ1) is 36.4. The Bertz CT molecular complexity index is 2310. The molecule has 0 saturated carbocycles. The summed E-state index contributed by atoms with van der Waals surface area (Å²) >= 11 is 0. The Balaban J connectivity index is 3.40. The summed E-state index contributed by atoms with van der Waals surface area (Å²) in [7, 11) is 0. The molecule has 0 fully saturated rings. The zero-order valence-corrected chi connectivity index (χ0v) is 45.1. The van der Waals surface area contributed by atoms with Crippen molar-refractivity contribution in [3.63, 3.8) is 0 Å². The summed E-state index contributed by atoms with van der Waals surface area (Å²) in [6, 6.07) is -3.20. The Kier molecular flexibility index (Phi) is 29.7. The number of nitrogens with two attached hydrogens (primary N) is 5. The number of amides is 12. The van der Waals surface area contributed by atoms with E-state index in [9.17, 15) is 67.4 Å². The third-order valence-electron chi connectivity index (χ3n) is 11.5. The number of nitrogens with zero attached hydrogens (tertiary/aromatic N) is 1. The monoisotopic (exact) mass is 1100 g/mol. The highest BCUT2D eigenvalue weighted by Crippen LogP contribution is 2.12. The second kappa shape index (κ2) is 34.3. The van der Waals surface area contributed by atoms with Gasteiger partial charge in [0.15, 0.2) is 5.96 Å². The Morgan fingerprint density at radius 1 is 0.513 bits per heavy atom. The number of hydrogen-bond acceptors (Lipinski definition) is 14. The molecule has 12 amide bonds. The molecule has 0 aliphatic carbocycles. The predicted molar refractivity (Wildman–Crippen MR) is 282 cm³/mol. The Morgan fingerprint density at radius 2 is 0.962 bits per heavy atom. The fourth-order valence-electron chi connectivity index (χ4n) is 7.47. The molecule has 434 valence electrons. The summed E-state index contributed by atoms with van der Waals surface area (Å²) in [5, 5.41) is 31.9. The molecule has 0 unspecified atom stereocenters. The van der Waals surface area contributed by atoms with E-state index in [-0.39, 0.29) is 56.9 Å². The Hall–Kier alpha value is -8.40. The summed E-state index contributed by atoms with van der Waals surface area (Å²) in [6.07, 6.45) is -2.31. The van der Waals surface area contributed by atoms with Gasteiger partial charge in [0.2, 0.25) is 70.9 Å². The van der Waals surface area contributed by atoms with Crippen molar-refractivity contribution in [2.75, 3.05) is 13.1 Å². The van der Waals surface area contributed by atoms with Gasteiger partial charge in [-0.25, -0.2) is 4.79 Å². The van der Waals surface area contributed by atoms with Crippen LogP contribution in [0.4, 0.5) is 0 Å². The van der Waals surface area contributed by atoms with Crippen molar-refractivity contribution in [1.82, 2.24) is 47.9 Å². The zero-order valence-electron chi connectivity index (χ0n) is 45.1. The molecule has 78 heavy (non-hydrogen) atoms. The molecule has 0 saturated heterocycles. The molecule has 0 radical (unpaired) electrons. The first-order valence-corrected chi connectivity index (χ1v) is 25.2. The van der Waals surface area contributed by atoms with Gasteiger partial charge in [-0.05, 0) is 55.4 Å². The number of aliphatic carboxylic acids is 1. The third kappa shape index (κ3) is 26.9. The average molecular weight is 1100 g/mol. The van der Waals surface area contributed by atoms with Gasteiger partial charge in [-0.3, -0.25) is 62.5 Å². The van der Waals surface area contributed by atoms with Crippen molar-refractivity contribution in [2.45, 2.75) is 155 Å². The van der Waals surface area contributed by atoms with Crippen LogP contribution in [0.5, 0.6) is 0 Å². The lowest BCUT2D eigenvalue weighted by Gasteiger charge is -2.29. The number of rotatable bonds is 36. The van der Waals surface area contributed by atoms with Crippen LogP contribution >= 0.6 is 0 Å². The normalized spacial score (nSPS) is 14.0. The number of aliphatic imine (C=N–C) groups is 1. The second-order valence-electron chi connectivity index (χ2n) is 19.6. The molecular formula is C49H79N15O14. The minimum Gasteiger partial charge on any atom is -0.480 e. The molecule has 0 aliphatic heterocycles. The lowest BCUT2D eigenvalue weighted by atomic mass is 9.99. The molecule has 8 atom stereocenters. The molecule has 20 N–H and O–H groups in total. The number of nitrogens with one attached hydrogen (secondary N) is 9. The minimum atomic E-state index is -1.82. The lowest BCUT2D eigenvalue weighted by Crippen LogP contribution is -2.61. The van der Waals surface area contributed by atoms with Crippen molar-refractivity contribution in [2.24, 2.45) is 51.4 Å². The lowest BCUT2D eigenvalue weighted by molar-refractivity contribution is -0.142. The largest absolute Gasteiger partial charge is 0.480 e. The first-order valence-electron chi connectivity index (χ1n) is 25.2. The highest BCUT2D eigenvalue weighted by molar-refractivity contribution is 5.99. The zero-order chi connectivity index (χ0) is 59.4. The molecule has 0 aromatic heterocycles. The number of primary amides is 3. The topological polar surface area (TPSA) is 493 Å². The summed E-state index contributed by atoms with van der Waals surface area (Å²) < 4.78 is 0. The van der Waals surface area contributed by atoms with Gasteiger partial charge in [-0.1, -0.05) is 71.9 Å². The van der Waals surface area contributed by atoms with Gasteiger partial charge >= 0.3 is 5.97 Å². The predicted octanol–water partition coefficient (Wildman–Crippen LogP) is -4.85. The highest BCUT2D eigenvalue weighted by atomic mass is 16.4. The van der Waals surface area contributed by atoms with Gasteiger partial charge in [-0.2, -0.15) is 0 Å². The molecule has 1 aromatic rings. The molecule has 29 heteroatoms. The van der Waals surface area contributed by atoms with E-state index in [1.165, 1.54) is 13.8 Å². The van der Waals surface area contributed by atoms with E-state index in [2.05, 4.69) is 52.8 Å².